The molecule has 0 radical (unpaired) electrons. The molecule has 1 saturated heterocycles. The summed E-state index contributed by atoms with van der Waals surface area (Å²) in [4.78, 5) is 24.3. The average Bonchev–Trinajstić information content (AvgIpc) is 3.02. The van der Waals surface area contributed by atoms with Crippen molar-refractivity contribution in [2.75, 3.05) is 13.1 Å². The van der Waals surface area contributed by atoms with Crippen molar-refractivity contribution in [2.24, 2.45) is 0 Å². The first kappa shape index (κ1) is 18.1. The van der Waals surface area contributed by atoms with Gasteiger partial charge in [0.15, 0.2) is 5.69 Å². The summed E-state index contributed by atoms with van der Waals surface area (Å²) >= 11 is 0. The smallest absolute Gasteiger partial charge is 0.436 e. The Morgan fingerprint density at radius 3 is 2.42 bits per heavy atom. The van der Waals surface area contributed by atoms with Gasteiger partial charge in [0, 0.05) is 19.3 Å². The molecule has 1 aromatic heterocycles. The number of amides is 1. The summed E-state index contributed by atoms with van der Waals surface area (Å²) in [5.41, 5.74) is -3.02. The highest BCUT2D eigenvalue weighted by atomic mass is 19.4. The van der Waals surface area contributed by atoms with E-state index in [4.69, 9.17) is 9.84 Å². The van der Waals surface area contributed by atoms with Gasteiger partial charge >= 0.3 is 18.2 Å². The van der Waals surface area contributed by atoms with Crippen LogP contribution in [0.2, 0.25) is 0 Å². The lowest BCUT2D eigenvalue weighted by atomic mass is 10.2. The monoisotopic (exact) mass is 349 g/mol. The molecule has 0 aromatic carbocycles. The number of aromatic carboxylic acids is 1. The fourth-order valence-corrected chi connectivity index (χ4v) is 2.39. The molecule has 1 aliphatic rings. The zero-order chi connectivity index (χ0) is 18.3. The van der Waals surface area contributed by atoms with Gasteiger partial charge in [0.25, 0.3) is 0 Å². The molecule has 1 aliphatic heterocycles. The second-order valence-corrected chi connectivity index (χ2v) is 6.54. The first-order valence-corrected chi connectivity index (χ1v) is 7.26. The number of carboxylic acid groups (broad SMARTS) is 1. The molecule has 1 amide bonds. The van der Waals surface area contributed by atoms with E-state index in [9.17, 15) is 22.8 Å². The van der Waals surface area contributed by atoms with Gasteiger partial charge in [-0.2, -0.15) is 18.3 Å². The van der Waals surface area contributed by atoms with Crippen LogP contribution in [0.3, 0.4) is 0 Å². The van der Waals surface area contributed by atoms with Gasteiger partial charge in [-0.15, -0.1) is 0 Å². The van der Waals surface area contributed by atoms with Gasteiger partial charge in [-0.25, -0.2) is 9.59 Å². The summed E-state index contributed by atoms with van der Waals surface area (Å²) in [5.74, 6) is -1.70. The van der Waals surface area contributed by atoms with Crippen LogP contribution in [0.4, 0.5) is 18.0 Å². The van der Waals surface area contributed by atoms with Crippen molar-refractivity contribution in [3.8, 4) is 0 Å². The highest BCUT2D eigenvalue weighted by Gasteiger charge is 2.41. The second kappa shape index (κ2) is 5.99. The molecule has 1 aromatic rings. The number of ether oxygens (including phenoxy) is 1. The molecule has 0 spiro atoms. The molecule has 1 atom stereocenters. The van der Waals surface area contributed by atoms with Gasteiger partial charge in [0.05, 0.1) is 6.04 Å². The largest absolute Gasteiger partial charge is 0.478 e. The van der Waals surface area contributed by atoms with Gasteiger partial charge in [0.2, 0.25) is 0 Å². The molecule has 2 rings (SSSR count). The van der Waals surface area contributed by atoms with Crippen molar-refractivity contribution in [1.29, 1.82) is 0 Å². The van der Waals surface area contributed by atoms with Crippen LogP contribution in [-0.4, -0.2) is 50.5 Å². The van der Waals surface area contributed by atoms with E-state index in [2.05, 4.69) is 5.10 Å². The number of carbonyl (C=O) groups is 2. The summed E-state index contributed by atoms with van der Waals surface area (Å²) < 4.78 is 44.8. The molecule has 1 fully saturated rings. The van der Waals surface area contributed by atoms with E-state index >= 15 is 0 Å². The second-order valence-electron chi connectivity index (χ2n) is 6.54. The molecule has 1 N–H and O–H groups in total. The van der Waals surface area contributed by atoms with Crippen LogP contribution in [0.5, 0.6) is 0 Å². The molecule has 1 unspecified atom stereocenters. The Labute approximate surface area is 136 Å². The van der Waals surface area contributed by atoms with Gasteiger partial charge in [-0.1, -0.05) is 0 Å². The molecule has 0 bridgehead atoms. The SMILES string of the molecule is CC(C)(C)OC(=O)N1CCC(n2cc(C(=O)O)c(C(F)(F)F)n2)C1. The number of alkyl halides is 3. The van der Waals surface area contributed by atoms with Gasteiger partial charge in [0.1, 0.15) is 11.2 Å². The van der Waals surface area contributed by atoms with Crippen LogP contribution < -0.4 is 0 Å². The average molecular weight is 349 g/mol. The Morgan fingerprint density at radius 1 is 1.33 bits per heavy atom. The van der Waals surface area contributed by atoms with E-state index in [1.165, 1.54) is 4.90 Å². The first-order valence-electron chi connectivity index (χ1n) is 7.26. The Balaban J connectivity index is 2.17. The lowest BCUT2D eigenvalue weighted by Crippen LogP contribution is -2.35. The molecule has 10 heteroatoms. The minimum absolute atomic E-state index is 0.104. The van der Waals surface area contributed by atoms with Crippen molar-refractivity contribution >= 4 is 12.1 Å². The lowest BCUT2D eigenvalue weighted by Gasteiger charge is -2.24. The van der Waals surface area contributed by atoms with E-state index in [0.717, 1.165) is 10.9 Å². The number of carboxylic acids is 1. The van der Waals surface area contributed by atoms with Crippen LogP contribution in [0.15, 0.2) is 6.20 Å². The van der Waals surface area contributed by atoms with E-state index < -0.39 is 41.1 Å². The van der Waals surface area contributed by atoms with Crippen LogP contribution in [0.25, 0.3) is 0 Å². The van der Waals surface area contributed by atoms with Crippen LogP contribution in [-0.2, 0) is 10.9 Å². The van der Waals surface area contributed by atoms with E-state index in [1.807, 2.05) is 0 Å². The molecule has 24 heavy (non-hydrogen) atoms. The summed E-state index contributed by atoms with van der Waals surface area (Å²) in [6, 6.07) is -0.535. The highest BCUT2D eigenvalue weighted by Crippen LogP contribution is 2.32. The fraction of sp³-hybridized carbons (Fsp3) is 0.643. The molecule has 0 saturated carbocycles. The molecule has 2 heterocycles. The third kappa shape index (κ3) is 3.98. The molecule has 0 aliphatic carbocycles. The van der Waals surface area contributed by atoms with Crippen molar-refractivity contribution in [1.82, 2.24) is 14.7 Å². The standard InChI is InChI=1S/C14H18F3N3O4/c1-13(2,3)24-12(23)19-5-4-8(6-19)20-7-9(11(21)22)10(18-20)14(15,16)17/h7-8H,4-6H2,1-3H3,(H,21,22). The highest BCUT2D eigenvalue weighted by molar-refractivity contribution is 5.88. The predicted octanol–water partition coefficient (Wildman–Crippen LogP) is 2.78. The maximum absolute atomic E-state index is 12.9. The number of halogens is 3. The maximum atomic E-state index is 12.9. The zero-order valence-electron chi connectivity index (χ0n) is 13.4. The first-order chi connectivity index (χ1) is 10.9. The van der Waals surface area contributed by atoms with E-state index in [1.54, 1.807) is 20.8 Å². The van der Waals surface area contributed by atoms with Crippen LogP contribution >= 0.6 is 0 Å². The van der Waals surface area contributed by atoms with Crippen LogP contribution in [0.1, 0.15) is 49.3 Å². The number of nitrogens with zero attached hydrogens (tertiary/aromatic N) is 3. The van der Waals surface area contributed by atoms with Crippen molar-refractivity contribution in [2.45, 2.75) is 45.0 Å². The van der Waals surface area contributed by atoms with Gasteiger partial charge in [-0.05, 0) is 27.2 Å². The minimum atomic E-state index is -4.86. The number of hydrogen-bond donors (Lipinski definition) is 1. The van der Waals surface area contributed by atoms with Crippen molar-refractivity contribution < 1.29 is 32.6 Å². The molecular formula is C14H18F3N3O4. The fourth-order valence-electron chi connectivity index (χ4n) is 2.39. The Morgan fingerprint density at radius 2 is 1.96 bits per heavy atom. The number of carbonyl (C=O) groups excluding carboxylic acids is 1. The van der Waals surface area contributed by atoms with E-state index in [-0.39, 0.29) is 6.54 Å². The third-order valence-electron chi connectivity index (χ3n) is 3.42. The van der Waals surface area contributed by atoms with Gasteiger partial charge in [-0.3, -0.25) is 4.68 Å². The van der Waals surface area contributed by atoms with Crippen LogP contribution in [0, 0.1) is 0 Å². The summed E-state index contributed by atoms with van der Waals surface area (Å²) in [6.07, 6.45) is -4.21. The topological polar surface area (TPSA) is 84.7 Å². The lowest BCUT2D eigenvalue weighted by molar-refractivity contribution is -0.142. The third-order valence-corrected chi connectivity index (χ3v) is 3.42. The number of likely N-dealkylation sites (tertiary alicyclic amines) is 1. The van der Waals surface area contributed by atoms with Crippen molar-refractivity contribution in [3.05, 3.63) is 17.5 Å². The predicted molar refractivity (Wildman–Crippen MR) is 75.6 cm³/mol. The minimum Gasteiger partial charge on any atom is -0.478 e. The Hall–Kier alpha value is -2.26. The van der Waals surface area contributed by atoms with Gasteiger partial charge < -0.3 is 14.7 Å². The van der Waals surface area contributed by atoms with E-state index in [0.29, 0.717) is 13.0 Å². The zero-order valence-corrected chi connectivity index (χ0v) is 13.4. The maximum Gasteiger partial charge on any atom is 0.436 e. The summed E-state index contributed by atoms with van der Waals surface area (Å²) in [7, 11) is 0. The quantitative estimate of drug-likeness (QED) is 0.887. The molecule has 134 valence electrons. The number of hydrogen-bond acceptors (Lipinski definition) is 4. The Bertz CT molecular complexity index is 649. The van der Waals surface area contributed by atoms with Crippen molar-refractivity contribution in [3.63, 3.8) is 0 Å². The Kier molecular flexibility index (Phi) is 4.51. The number of aromatic nitrogens is 2. The number of rotatable bonds is 2. The summed E-state index contributed by atoms with van der Waals surface area (Å²) in [5, 5.41) is 12.3. The summed E-state index contributed by atoms with van der Waals surface area (Å²) in [6.45, 7) is 5.53. The normalized spacial score (nSPS) is 18.8. The molecular weight excluding hydrogens is 331 g/mol. The molecule has 7 nitrogen and oxygen atoms in total.